The summed E-state index contributed by atoms with van der Waals surface area (Å²) in [6, 6.07) is 0. The second-order valence-corrected chi connectivity index (χ2v) is 4.99. The summed E-state index contributed by atoms with van der Waals surface area (Å²) < 4.78 is 193. The Bertz CT molecular complexity index is 667. The van der Waals surface area contributed by atoms with E-state index in [0.29, 0.717) is 0 Å². The van der Waals surface area contributed by atoms with Crippen LogP contribution >= 0.6 is 0 Å². The molecule has 15 heteroatoms. The van der Waals surface area contributed by atoms with Gasteiger partial charge in [-0.15, -0.1) is 0 Å². The first-order valence-electron chi connectivity index (χ1n) is 6.08. The van der Waals surface area contributed by atoms with Crippen LogP contribution in [0.2, 0.25) is 0 Å². The summed E-state index contributed by atoms with van der Waals surface area (Å²) >= 11 is 0. The van der Waals surface area contributed by atoms with Crippen LogP contribution in [0.4, 0.5) is 65.9 Å². The summed E-state index contributed by atoms with van der Waals surface area (Å²) in [6.45, 7) is -0.420. The molecular formula is C12H3F15. The van der Waals surface area contributed by atoms with E-state index >= 15 is 0 Å². The number of benzene rings is 1. The van der Waals surface area contributed by atoms with E-state index < -0.39 is 71.2 Å². The Hall–Kier alpha value is -1.83. The molecule has 0 saturated heterocycles. The van der Waals surface area contributed by atoms with Gasteiger partial charge >= 0.3 is 30.9 Å². The molecule has 0 amide bonds. The van der Waals surface area contributed by atoms with Gasteiger partial charge in [-0.05, 0) is 12.5 Å². The molecular weight excluding hydrogens is 429 g/mol. The van der Waals surface area contributed by atoms with Crippen LogP contribution in [0.3, 0.4) is 0 Å². The van der Waals surface area contributed by atoms with Crippen molar-refractivity contribution in [3.8, 4) is 0 Å². The van der Waals surface area contributed by atoms with Crippen molar-refractivity contribution in [2.24, 2.45) is 0 Å². The van der Waals surface area contributed by atoms with Gasteiger partial charge in [0.05, 0.1) is 27.8 Å². The van der Waals surface area contributed by atoms with Crippen molar-refractivity contribution in [3.05, 3.63) is 33.4 Å². The number of hydrogen-bond acceptors (Lipinski definition) is 0. The first-order valence-corrected chi connectivity index (χ1v) is 6.08. The van der Waals surface area contributed by atoms with Crippen molar-refractivity contribution in [2.75, 3.05) is 0 Å². The molecule has 1 aromatic carbocycles. The number of hydrogen-bond donors (Lipinski definition) is 0. The molecule has 0 saturated carbocycles. The molecule has 0 spiro atoms. The minimum absolute atomic E-state index is 0.420. The molecule has 1 aromatic rings. The third-order valence-electron chi connectivity index (χ3n) is 3.17. The molecule has 0 aliphatic rings. The van der Waals surface area contributed by atoms with Crippen LogP contribution in [0.15, 0.2) is 0 Å². The molecule has 1 rings (SSSR count). The summed E-state index contributed by atoms with van der Waals surface area (Å²) in [5, 5.41) is 0. The van der Waals surface area contributed by atoms with Gasteiger partial charge in [0.1, 0.15) is 0 Å². The molecule has 0 atom stereocenters. The molecule has 0 aromatic heterocycles. The minimum Gasteiger partial charge on any atom is -0.166 e. The van der Waals surface area contributed by atoms with Crippen molar-refractivity contribution in [3.63, 3.8) is 0 Å². The van der Waals surface area contributed by atoms with Gasteiger partial charge in [0.15, 0.2) is 0 Å². The molecule has 0 unspecified atom stereocenters. The summed E-state index contributed by atoms with van der Waals surface area (Å²) in [7, 11) is 0. The molecule has 27 heavy (non-hydrogen) atoms. The van der Waals surface area contributed by atoms with Crippen LogP contribution in [-0.4, -0.2) is 0 Å². The van der Waals surface area contributed by atoms with Gasteiger partial charge in [-0.1, -0.05) is 0 Å². The molecule has 0 bridgehead atoms. The van der Waals surface area contributed by atoms with E-state index in [1.54, 1.807) is 0 Å². The summed E-state index contributed by atoms with van der Waals surface area (Å²) in [4.78, 5) is 0. The van der Waals surface area contributed by atoms with E-state index in [-0.39, 0.29) is 0 Å². The smallest absolute Gasteiger partial charge is 0.166 e. The largest absolute Gasteiger partial charge is 0.417 e. The van der Waals surface area contributed by atoms with Gasteiger partial charge in [-0.2, -0.15) is 65.9 Å². The maximum Gasteiger partial charge on any atom is 0.417 e. The Morgan fingerprint density at radius 3 is 0.630 bits per heavy atom. The van der Waals surface area contributed by atoms with Crippen molar-refractivity contribution >= 4 is 0 Å². The highest BCUT2D eigenvalue weighted by molar-refractivity contribution is 5.57. The van der Waals surface area contributed by atoms with Gasteiger partial charge in [-0.25, -0.2) is 0 Å². The fourth-order valence-corrected chi connectivity index (χ4v) is 2.43. The van der Waals surface area contributed by atoms with Crippen molar-refractivity contribution in [1.82, 2.24) is 0 Å². The van der Waals surface area contributed by atoms with E-state index in [4.69, 9.17) is 0 Å². The maximum absolute atomic E-state index is 12.9. The lowest BCUT2D eigenvalue weighted by Crippen LogP contribution is -2.32. The van der Waals surface area contributed by atoms with Crippen LogP contribution in [0.5, 0.6) is 0 Å². The van der Waals surface area contributed by atoms with Gasteiger partial charge in [0.25, 0.3) is 0 Å². The lowest BCUT2D eigenvalue weighted by Gasteiger charge is -2.29. The average Bonchev–Trinajstić information content (AvgIpc) is 2.29. The van der Waals surface area contributed by atoms with Gasteiger partial charge in [-0.3, -0.25) is 0 Å². The van der Waals surface area contributed by atoms with E-state index in [2.05, 4.69) is 0 Å². The Labute approximate surface area is 138 Å². The van der Waals surface area contributed by atoms with Crippen molar-refractivity contribution in [2.45, 2.75) is 37.8 Å². The minimum atomic E-state index is -6.84. The van der Waals surface area contributed by atoms with Crippen LogP contribution in [0, 0.1) is 6.92 Å². The maximum atomic E-state index is 12.9. The molecule has 0 aliphatic carbocycles. The molecule has 0 fully saturated rings. The third-order valence-corrected chi connectivity index (χ3v) is 3.17. The fraction of sp³-hybridized carbons (Fsp3) is 0.500. The molecule has 0 radical (unpaired) electrons. The Morgan fingerprint density at radius 2 is 0.481 bits per heavy atom. The van der Waals surface area contributed by atoms with E-state index in [0.717, 1.165) is 0 Å². The first-order chi connectivity index (χ1) is 11.5. The zero-order chi connectivity index (χ0) is 22.0. The van der Waals surface area contributed by atoms with Crippen molar-refractivity contribution < 1.29 is 65.9 Å². The van der Waals surface area contributed by atoms with Crippen LogP contribution in [0.1, 0.15) is 33.4 Å². The van der Waals surface area contributed by atoms with Crippen LogP contribution in [0.25, 0.3) is 0 Å². The highest BCUT2D eigenvalue weighted by Gasteiger charge is 2.59. The summed E-state index contributed by atoms with van der Waals surface area (Å²) in [5.74, 6) is 0. The second kappa shape index (κ2) is 6.09. The summed E-state index contributed by atoms with van der Waals surface area (Å²) in [5.41, 5.74) is -21.6. The third kappa shape index (κ3) is 4.36. The van der Waals surface area contributed by atoms with E-state index in [9.17, 15) is 65.9 Å². The molecule has 156 valence electrons. The van der Waals surface area contributed by atoms with Crippen molar-refractivity contribution in [1.29, 1.82) is 0 Å². The monoisotopic (exact) mass is 432 g/mol. The standard InChI is InChI=1S/C12H3F15/c1-2-3(8(13,14)15)5(10(19,20)21)7(12(25,26)27)6(11(22,23)24)4(2)9(16,17)18/h1H3. The molecule has 0 nitrogen and oxygen atoms in total. The lowest BCUT2D eigenvalue weighted by atomic mass is 9.85. The Balaban J connectivity index is 4.58. The second-order valence-electron chi connectivity index (χ2n) is 4.99. The highest BCUT2D eigenvalue weighted by Crippen LogP contribution is 2.56. The number of alkyl halides is 15. The van der Waals surface area contributed by atoms with Gasteiger partial charge in [0, 0.05) is 0 Å². The molecule has 0 aliphatic heterocycles. The first kappa shape index (κ1) is 23.2. The van der Waals surface area contributed by atoms with Gasteiger partial charge < -0.3 is 0 Å². The zero-order valence-electron chi connectivity index (χ0n) is 12.2. The number of rotatable bonds is 0. The quantitative estimate of drug-likeness (QED) is 0.384. The Kier molecular flexibility index (Phi) is 5.23. The predicted octanol–water partition coefficient (Wildman–Crippen LogP) is 7.09. The topological polar surface area (TPSA) is 0 Å². The normalized spacial score (nSPS) is 14.7. The Morgan fingerprint density at radius 1 is 0.333 bits per heavy atom. The van der Waals surface area contributed by atoms with E-state index in [1.165, 1.54) is 0 Å². The highest BCUT2D eigenvalue weighted by atomic mass is 19.4. The molecule has 0 N–H and O–H groups in total. The lowest BCUT2D eigenvalue weighted by molar-refractivity contribution is -0.189. The van der Waals surface area contributed by atoms with Gasteiger partial charge in [0.2, 0.25) is 0 Å². The zero-order valence-corrected chi connectivity index (χ0v) is 12.2. The summed E-state index contributed by atoms with van der Waals surface area (Å²) in [6.07, 6.45) is -33.2. The van der Waals surface area contributed by atoms with E-state index in [1.807, 2.05) is 0 Å². The van der Waals surface area contributed by atoms with Crippen LogP contribution < -0.4 is 0 Å². The van der Waals surface area contributed by atoms with Crippen LogP contribution in [-0.2, 0) is 30.9 Å². The SMILES string of the molecule is Cc1c(C(F)(F)F)c(C(F)(F)F)c(C(F)(F)F)c(C(F)(F)F)c1C(F)(F)F. The molecule has 0 heterocycles. The number of halogens is 15. The average molecular weight is 432 g/mol. The fourth-order valence-electron chi connectivity index (χ4n) is 2.43. The predicted molar refractivity (Wildman–Crippen MR) is 56.2 cm³/mol.